The molecule has 172 valence electrons. The van der Waals surface area contributed by atoms with Crippen molar-refractivity contribution in [2.24, 2.45) is 0 Å². The molecule has 1 atom stereocenters. The van der Waals surface area contributed by atoms with Gasteiger partial charge in [0.05, 0.1) is 25.0 Å². The van der Waals surface area contributed by atoms with Crippen LogP contribution in [0.1, 0.15) is 42.6 Å². The Morgan fingerprint density at radius 2 is 1.91 bits per heavy atom. The summed E-state index contributed by atoms with van der Waals surface area (Å²) in [4.78, 5) is 11.4. The van der Waals surface area contributed by atoms with Crippen molar-refractivity contribution in [1.82, 2.24) is 19.9 Å². The molecule has 0 unspecified atom stereocenters. The van der Waals surface area contributed by atoms with Crippen molar-refractivity contribution in [3.8, 4) is 17.3 Å². The van der Waals surface area contributed by atoms with Gasteiger partial charge in [-0.05, 0) is 43.5 Å². The van der Waals surface area contributed by atoms with Gasteiger partial charge in [-0.25, -0.2) is 9.97 Å². The first-order valence-electron chi connectivity index (χ1n) is 10.8. The smallest absolute Gasteiger partial charge is 0.416 e. The number of fused-ring (bicyclic) bond motifs is 1. The Balaban J connectivity index is 1.52. The molecule has 4 heterocycles. The molecule has 6 nitrogen and oxygen atoms in total. The number of anilines is 1. The highest BCUT2D eigenvalue weighted by Crippen LogP contribution is 2.41. The number of aryl methyl sites for hydroxylation is 1. The molecule has 1 N–H and O–H groups in total. The molecule has 5 rings (SSSR count). The number of methoxy groups -OCH3 is 1. The third-order valence-corrected chi connectivity index (χ3v) is 6.14. The van der Waals surface area contributed by atoms with Crippen LogP contribution in [-0.4, -0.2) is 28.3 Å². The minimum absolute atomic E-state index is 0.271. The Hall–Kier alpha value is -3.49. The maximum Gasteiger partial charge on any atom is 0.416 e. The second-order valence-corrected chi connectivity index (χ2v) is 8.30. The lowest BCUT2D eigenvalue weighted by atomic mass is 9.87. The first-order chi connectivity index (χ1) is 15.8. The number of aromatic nitrogens is 3. The number of allylic oxidation sites excluding steroid dienone is 1. The molecule has 0 bridgehead atoms. The molecule has 2 aliphatic rings. The molecule has 33 heavy (non-hydrogen) atoms. The van der Waals surface area contributed by atoms with E-state index in [1.165, 1.54) is 6.07 Å². The lowest BCUT2D eigenvalue weighted by Crippen LogP contribution is -2.21. The van der Waals surface area contributed by atoms with Gasteiger partial charge in [0.1, 0.15) is 17.2 Å². The summed E-state index contributed by atoms with van der Waals surface area (Å²) >= 11 is 0. The Kier molecular flexibility index (Phi) is 5.26. The number of hydrogen-bond acceptors (Lipinski definition) is 5. The van der Waals surface area contributed by atoms with Crippen LogP contribution in [0.5, 0.6) is 5.88 Å². The quantitative estimate of drug-likeness (QED) is 0.591. The molecular formula is C24H24F3N5O. The van der Waals surface area contributed by atoms with Crippen molar-refractivity contribution in [1.29, 1.82) is 0 Å². The number of hydrogen-bond donors (Lipinski definition) is 1. The van der Waals surface area contributed by atoms with E-state index < -0.39 is 17.7 Å². The van der Waals surface area contributed by atoms with Crippen molar-refractivity contribution in [2.45, 2.75) is 38.4 Å². The number of ether oxygens (including phenoxy) is 1. The SMILES string of the molecule is COc1nc(-c2cn3c(n2)[C@H](c2ccccc2C(F)(F)F)CCC3)ccc1N1C=C(C)NC1. The van der Waals surface area contributed by atoms with Crippen molar-refractivity contribution < 1.29 is 17.9 Å². The van der Waals surface area contributed by atoms with Crippen molar-refractivity contribution >= 4 is 5.69 Å². The number of nitrogens with one attached hydrogen (secondary N) is 1. The highest BCUT2D eigenvalue weighted by Gasteiger charge is 2.37. The Labute approximate surface area is 189 Å². The van der Waals surface area contributed by atoms with Crippen LogP contribution in [0.15, 0.2) is 54.5 Å². The van der Waals surface area contributed by atoms with Crippen LogP contribution in [0, 0.1) is 0 Å². The molecule has 2 aliphatic heterocycles. The van der Waals surface area contributed by atoms with Crippen LogP contribution in [0.2, 0.25) is 0 Å². The number of halogens is 3. The summed E-state index contributed by atoms with van der Waals surface area (Å²) in [7, 11) is 1.57. The van der Waals surface area contributed by atoms with E-state index in [2.05, 4.69) is 10.3 Å². The summed E-state index contributed by atoms with van der Waals surface area (Å²) < 4.78 is 48.5. The number of rotatable bonds is 4. The largest absolute Gasteiger partial charge is 0.479 e. The van der Waals surface area contributed by atoms with Crippen molar-refractivity contribution in [3.63, 3.8) is 0 Å². The molecule has 1 aromatic carbocycles. The van der Waals surface area contributed by atoms with Gasteiger partial charge in [-0.2, -0.15) is 13.2 Å². The monoisotopic (exact) mass is 455 g/mol. The van der Waals surface area contributed by atoms with Crippen LogP contribution in [0.3, 0.4) is 0 Å². The van der Waals surface area contributed by atoms with E-state index >= 15 is 0 Å². The van der Waals surface area contributed by atoms with Gasteiger partial charge in [0, 0.05) is 30.6 Å². The van der Waals surface area contributed by atoms with Crippen molar-refractivity contribution in [3.05, 3.63) is 71.4 Å². The van der Waals surface area contributed by atoms with Crippen LogP contribution in [-0.2, 0) is 12.7 Å². The minimum Gasteiger partial charge on any atom is -0.479 e. The Morgan fingerprint density at radius 3 is 2.64 bits per heavy atom. The van der Waals surface area contributed by atoms with Crippen molar-refractivity contribution in [2.75, 3.05) is 18.7 Å². The van der Waals surface area contributed by atoms with Gasteiger partial charge in [0.25, 0.3) is 0 Å². The molecule has 2 aromatic heterocycles. The average Bonchev–Trinajstić information content (AvgIpc) is 3.44. The predicted molar refractivity (Wildman–Crippen MR) is 119 cm³/mol. The van der Waals surface area contributed by atoms with E-state index in [4.69, 9.17) is 9.72 Å². The van der Waals surface area contributed by atoms with Crippen LogP contribution < -0.4 is 15.0 Å². The molecule has 0 saturated carbocycles. The van der Waals surface area contributed by atoms with Gasteiger partial charge in [0.15, 0.2) is 0 Å². The third-order valence-electron chi connectivity index (χ3n) is 6.14. The summed E-state index contributed by atoms with van der Waals surface area (Å²) in [6.07, 6.45) is 0.851. The summed E-state index contributed by atoms with van der Waals surface area (Å²) in [6.45, 7) is 3.32. The summed E-state index contributed by atoms with van der Waals surface area (Å²) in [5.74, 6) is 0.681. The zero-order chi connectivity index (χ0) is 23.2. The fourth-order valence-electron chi connectivity index (χ4n) is 4.59. The number of benzene rings is 1. The van der Waals surface area contributed by atoms with Gasteiger partial charge in [-0.3, -0.25) is 0 Å². The third kappa shape index (κ3) is 3.92. The van der Waals surface area contributed by atoms with E-state index in [9.17, 15) is 13.2 Å². The molecule has 9 heteroatoms. The zero-order valence-electron chi connectivity index (χ0n) is 18.4. The zero-order valence-corrected chi connectivity index (χ0v) is 18.4. The normalized spacial score (nSPS) is 18.0. The predicted octanol–water partition coefficient (Wildman–Crippen LogP) is 5.13. The van der Waals surface area contributed by atoms with E-state index in [1.54, 1.807) is 19.2 Å². The van der Waals surface area contributed by atoms with E-state index in [0.29, 0.717) is 42.7 Å². The molecule has 0 aliphatic carbocycles. The molecular weight excluding hydrogens is 431 g/mol. The number of imidazole rings is 1. The second-order valence-electron chi connectivity index (χ2n) is 8.30. The van der Waals surface area contributed by atoms with Gasteiger partial charge in [0.2, 0.25) is 5.88 Å². The molecule has 0 radical (unpaired) electrons. The Bertz CT molecular complexity index is 1220. The number of pyridine rings is 1. The standard InChI is InChI=1S/C24H24F3N5O/c1-15-12-32(14-28-15)21-10-9-19(30-23(21)33-2)20-13-31-11-5-7-17(22(31)29-20)16-6-3-4-8-18(16)24(25,26)27/h3-4,6,8-10,12-13,17,28H,5,7,11,14H2,1-2H3/t17-/m0/s1. The first kappa shape index (κ1) is 21.4. The van der Waals surface area contributed by atoms with Gasteiger partial charge in [-0.15, -0.1) is 0 Å². The second kappa shape index (κ2) is 8.13. The maximum atomic E-state index is 13.7. The summed E-state index contributed by atoms with van der Waals surface area (Å²) in [5.41, 5.74) is 2.79. The van der Waals surface area contributed by atoms with Gasteiger partial charge >= 0.3 is 6.18 Å². The first-order valence-corrected chi connectivity index (χ1v) is 10.8. The molecule has 0 fully saturated rings. The number of nitrogens with zero attached hydrogens (tertiary/aromatic N) is 4. The number of alkyl halides is 3. The van der Waals surface area contributed by atoms with E-state index in [0.717, 1.165) is 23.9 Å². The van der Waals surface area contributed by atoms with Crippen LogP contribution >= 0.6 is 0 Å². The summed E-state index contributed by atoms with van der Waals surface area (Å²) in [6, 6.07) is 9.58. The molecule has 0 spiro atoms. The van der Waals surface area contributed by atoms with E-state index in [1.807, 2.05) is 40.9 Å². The van der Waals surface area contributed by atoms with E-state index in [-0.39, 0.29) is 5.56 Å². The highest BCUT2D eigenvalue weighted by molar-refractivity contribution is 5.65. The van der Waals surface area contributed by atoms with Gasteiger partial charge < -0.3 is 19.5 Å². The highest BCUT2D eigenvalue weighted by atomic mass is 19.4. The fourth-order valence-corrected chi connectivity index (χ4v) is 4.59. The van der Waals surface area contributed by atoms with Crippen LogP contribution in [0.4, 0.5) is 18.9 Å². The topological polar surface area (TPSA) is 55.2 Å². The lowest BCUT2D eigenvalue weighted by molar-refractivity contribution is -0.138. The molecule has 0 saturated heterocycles. The summed E-state index contributed by atoms with van der Waals surface area (Å²) in [5, 5.41) is 3.24. The minimum atomic E-state index is -4.41. The Morgan fingerprint density at radius 1 is 1.09 bits per heavy atom. The molecule has 3 aromatic rings. The molecule has 0 amide bonds. The fraction of sp³-hybridized carbons (Fsp3) is 0.333. The lowest BCUT2D eigenvalue weighted by Gasteiger charge is -2.26. The maximum absolute atomic E-state index is 13.7. The van der Waals surface area contributed by atoms with Gasteiger partial charge in [-0.1, -0.05) is 18.2 Å². The average molecular weight is 455 g/mol. The van der Waals surface area contributed by atoms with Crippen LogP contribution in [0.25, 0.3) is 11.4 Å².